The van der Waals surface area contributed by atoms with Crippen molar-refractivity contribution in [2.24, 2.45) is 40.2 Å². The molecule has 1 N–H and O–H groups in total. The molecule has 0 saturated heterocycles. The quantitative estimate of drug-likeness (QED) is 0.410. The average molecular weight is 384 g/mol. The molecule has 0 bridgehead atoms. The fraction of sp³-hybridized carbons (Fsp3) is 0.708. The van der Waals surface area contributed by atoms with Crippen LogP contribution in [-0.2, 0) is 9.47 Å². The summed E-state index contributed by atoms with van der Waals surface area (Å²) in [6.07, 6.45) is 16.5. The molecule has 28 heavy (non-hydrogen) atoms. The second kappa shape index (κ2) is 6.56. The Morgan fingerprint density at radius 2 is 2.18 bits per heavy atom. The molecule has 1 heterocycles. The van der Waals surface area contributed by atoms with Crippen molar-refractivity contribution in [1.29, 1.82) is 0 Å². The van der Waals surface area contributed by atoms with Gasteiger partial charge >= 0.3 is 0 Å². The third kappa shape index (κ3) is 2.40. The smallest absolute Gasteiger partial charge is 0.177 e. The minimum Gasteiger partial charge on any atom is -0.411 e. The molecule has 1 aliphatic heterocycles. The van der Waals surface area contributed by atoms with E-state index in [1.165, 1.54) is 24.8 Å². The van der Waals surface area contributed by atoms with Crippen LogP contribution in [0.3, 0.4) is 0 Å². The van der Waals surface area contributed by atoms with Crippen LogP contribution in [0.1, 0.15) is 51.9 Å². The van der Waals surface area contributed by atoms with Gasteiger partial charge in [-0.25, -0.2) is 0 Å². The summed E-state index contributed by atoms with van der Waals surface area (Å²) in [6, 6.07) is 0. The number of oxime groups is 1. The normalized spacial score (nSPS) is 50.9. The van der Waals surface area contributed by atoms with Gasteiger partial charge in [0.25, 0.3) is 0 Å². The Morgan fingerprint density at radius 1 is 1.32 bits per heavy atom. The van der Waals surface area contributed by atoms with Gasteiger partial charge in [0, 0.05) is 12.5 Å². The third-order valence-corrected chi connectivity index (χ3v) is 9.10. The molecule has 5 aliphatic rings. The molecule has 4 nitrogen and oxygen atoms in total. The van der Waals surface area contributed by atoms with Crippen LogP contribution in [0.2, 0.25) is 0 Å². The summed E-state index contributed by atoms with van der Waals surface area (Å²) in [6.45, 7) is 6.71. The highest BCUT2D eigenvalue weighted by molar-refractivity contribution is 5.96. The van der Waals surface area contributed by atoms with Gasteiger partial charge in [0.2, 0.25) is 0 Å². The molecular formula is C24H33NO3. The minimum absolute atomic E-state index is 0.158. The van der Waals surface area contributed by atoms with E-state index in [1.807, 2.05) is 0 Å². The monoisotopic (exact) mass is 383 g/mol. The van der Waals surface area contributed by atoms with Crippen LogP contribution in [0.5, 0.6) is 0 Å². The highest BCUT2D eigenvalue weighted by atomic mass is 16.7. The summed E-state index contributed by atoms with van der Waals surface area (Å²) in [5.74, 6) is 3.24. The van der Waals surface area contributed by atoms with Crippen molar-refractivity contribution < 1.29 is 14.7 Å². The van der Waals surface area contributed by atoms with E-state index in [0.29, 0.717) is 23.7 Å². The first kappa shape index (κ1) is 18.6. The Hall–Kier alpha value is -1.39. The van der Waals surface area contributed by atoms with Gasteiger partial charge in [-0.2, -0.15) is 0 Å². The van der Waals surface area contributed by atoms with Crippen LogP contribution >= 0.6 is 0 Å². The van der Waals surface area contributed by atoms with Gasteiger partial charge in [-0.05, 0) is 86.7 Å². The molecule has 4 unspecified atom stereocenters. The van der Waals surface area contributed by atoms with Gasteiger partial charge in [-0.3, -0.25) is 0 Å². The van der Waals surface area contributed by atoms with Crippen LogP contribution in [0.15, 0.2) is 41.6 Å². The molecule has 8 atom stereocenters. The zero-order chi connectivity index (χ0) is 19.5. The fourth-order valence-corrected chi connectivity index (χ4v) is 7.77. The molecule has 0 aromatic rings. The van der Waals surface area contributed by atoms with Crippen LogP contribution < -0.4 is 0 Å². The Morgan fingerprint density at radius 3 is 2.89 bits per heavy atom. The maximum Gasteiger partial charge on any atom is 0.177 e. The lowest BCUT2D eigenvalue weighted by Gasteiger charge is -2.57. The number of hydrogen-bond donors (Lipinski definition) is 1. The number of hydrogen-bond acceptors (Lipinski definition) is 4. The Balaban J connectivity index is 1.49. The van der Waals surface area contributed by atoms with Gasteiger partial charge in [-0.1, -0.05) is 29.8 Å². The van der Waals surface area contributed by atoms with E-state index in [1.54, 1.807) is 7.11 Å². The van der Waals surface area contributed by atoms with Crippen LogP contribution in [-0.4, -0.2) is 29.9 Å². The van der Waals surface area contributed by atoms with E-state index in [-0.39, 0.29) is 17.3 Å². The molecule has 1 spiro atoms. The maximum atomic E-state index is 9.25. The molecule has 0 aromatic heterocycles. The topological polar surface area (TPSA) is 51.1 Å². The van der Waals surface area contributed by atoms with Gasteiger partial charge in [-0.15, -0.1) is 6.58 Å². The van der Waals surface area contributed by atoms with Gasteiger partial charge < -0.3 is 14.7 Å². The van der Waals surface area contributed by atoms with Gasteiger partial charge in [0.05, 0.1) is 11.3 Å². The number of rotatable bonds is 2. The van der Waals surface area contributed by atoms with Crippen molar-refractivity contribution in [3.63, 3.8) is 0 Å². The predicted octanol–water partition coefficient (Wildman–Crippen LogP) is 5.10. The first-order chi connectivity index (χ1) is 13.5. The Bertz CT molecular complexity index is 755. The summed E-state index contributed by atoms with van der Waals surface area (Å²) in [4.78, 5) is 0. The van der Waals surface area contributed by atoms with Crippen molar-refractivity contribution in [2.75, 3.05) is 7.11 Å². The average Bonchev–Trinajstić information content (AvgIpc) is 3.28. The van der Waals surface area contributed by atoms with E-state index in [9.17, 15) is 5.21 Å². The molecule has 5 rings (SSSR count). The van der Waals surface area contributed by atoms with Crippen LogP contribution in [0, 0.1) is 35.0 Å². The first-order valence-electron chi connectivity index (χ1n) is 11.0. The lowest BCUT2D eigenvalue weighted by atomic mass is 9.48. The third-order valence-electron chi connectivity index (χ3n) is 9.10. The van der Waals surface area contributed by atoms with Crippen molar-refractivity contribution in [3.8, 4) is 0 Å². The minimum atomic E-state index is -0.195. The molecule has 3 fully saturated rings. The molecule has 4 heteroatoms. The molecule has 0 aromatic carbocycles. The van der Waals surface area contributed by atoms with Crippen molar-refractivity contribution >= 4 is 5.71 Å². The summed E-state index contributed by atoms with van der Waals surface area (Å²) < 4.78 is 12.0. The number of ether oxygens (including phenoxy) is 2. The summed E-state index contributed by atoms with van der Waals surface area (Å²) >= 11 is 0. The zero-order valence-electron chi connectivity index (χ0n) is 17.1. The summed E-state index contributed by atoms with van der Waals surface area (Å²) in [5, 5.41) is 12.7. The second-order valence-electron chi connectivity index (χ2n) is 9.87. The highest BCUT2D eigenvalue weighted by Crippen LogP contribution is 2.68. The maximum absolute atomic E-state index is 9.25. The highest BCUT2D eigenvalue weighted by Gasteiger charge is 2.65. The van der Waals surface area contributed by atoms with Crippen LogP contribution in [0.25, 0.3) is 0 Å². The van der Waals surface area contributed by atoms with E-state index in [2.05, 4.69) is 43.0 Å². The van der Waals surface area contributed by atoms with Gasteiger partial charge in [0.15, 0.2) is 6.29 Å². The lowest BCUT2D eigenvalue weighted by Crippen LogP contribution is -2.54. The Kier molecular flexibility index (Phi) is 4.37. The van der Waals surface area contributed by atoms with Crippen molar-refractivity contribution in [1.82, 2.24) is 0 Å². The molecule has 0 radical (unpaired) electrons. The first-order valence-corrected chi connectivity index (χ1v) is 11.0. The predicted molar refractivity (Wildman–Crippen MR) is 109 cm³/mol. The summed E-state index contributed by atoms with van der Waals surface area (Å²) in [5.41, 5.74) is 2.36. The van der Waals surface area contributed by atoms with Crippen molar-refractivity contribution in [3.05, 3.63) is 36.5 Å². The largest absolute Gasteiger partial charge is 0.411 e. The molecule has 3 saturated carbocycles. The molecule has 152 valence electrons. The number of methoxy groups -OCH3 is 1. The SMILES string of the molecule is C=C[C@@H]1CC2=C/C(=N/O)CC[C@@H]2C2CC[C@@]3(C)C(CC[C@@]34C=CC(OC)O4)C21. The van der Waals surface area contributed by atoms with Crippen LogP contribution in [0.4, 0.5) is 0 Å². The summed E-state index contributed by atoms with van der Waals surface area (Å²) in [7, 11) is 1.73. The zero-order valence-corrected chi connectivity index (χ0v) is 17.1. The lowest BCUT2D eigenvalue weighted by molar-refractivity contribution is -0.192. The Labute approximate surface area is 168 Å². The molecule has 4 aliphatic carbocycles. The standard InChI is InChI=1S/C24H33NO3/c1-4-15-13-16-14-17(25-26)5-6-18(16)19-7-10-23(2)20(22(15)19)8-11-24(23)12-9-21(27-3)28-24/h4,9,12,14-15,18-22,26H,1,5-8,10-11,13H2,2-3H3/b25-17+/t15-,18+,19?,20?,21?,22?,23+,24-/m1/s1. The fourth-order valence-electron chi connectivity index (χ4n) is 7.77. The number of allylic oxidation sites excluding steroid dienone is 3. The van der Waals surface area contributed by atoms with E-state index in [0.717, 1.165) is 37.3 Å². The number of fused-ring (bicyclic) bond motifs is 6. The van der Waals surface area contributed by atoms with Gasteiger partial charge in [0.1, 0.15) is 0 Å². The molecule has 0 amide bonds. The van der Waals surface area contributed by atoms with Crippen molar-refractivity contribution in [2.45, 2.75) is 63.8 Å². The van der Waals surface area contributed by atoms with E-state index in [4.69, 9.17) is 9.47 Å². The second-order valence-corrected chi connectivity index (χ2v) is 9.87. The van der Waals surface area contributed by atoms with E-state index >= 15 is 0 Å². The van der Waals surface area contributed by atoms with E-state index < -0.39 is 0 Å². The molecular weight excluding hydrogens is 350 g/mol. The number of nitrogens with zero attached hydrogens (tertiary/aromatic N) is 1.